The van der Waals surface area contributed by atoms with Crippen molar-refractivity contribution in [3.8, 4) is 0 Å². The molecule has 0 spiro atoms. The molecule has 0 fully saturated rings. The number of hydrogen-bond acceptors (Lipinski definition) is 5. The number of benzene rings is 1. The van der Waals surface area contributed by atoms with Gasteiger partial charge in [0.2, 0.25) is 0 Å². The van der Waals surface area contributed by atoms with Crippen molar-refractivity contribution in [3.05, 3.63) is 45.9 Å². The minimum absolute atomic E-state index is 0.0382. The summed E-state index contributed by atoms with van der Waals surface area (Å²) in [6, 6.07) is 6.39. The number of nitrogens with one attached hydrogen (secondary N) is 1. The van der Waals surface area contributed by atoms with Crippen LogP contribution in [0.2, 0.25) is 5.02 Å². The molecule has 0 radical (unpaired) electrons. The smallest absolute Gasteiger partial charge is 0.326 e. The Labute approximate surface area is 125 Å². The van der Waals surface area contributed by atoms with E-state index in [2.05, 4.69) is 10.3 Å². The number of aliphatic carboxylic acids is 1. The molecule has 5 nitrogen and oxygen atoms in total. The van der Waals surface area contributed by atoms with E-state index in [4.69, 9.17) is 22.4 Å². The van der Waals surface area contributed by atoms with Crippen LogP contribution >= 0.6 is 22.9 Å². The van der Waals surface area contributed by atoms with Crippen molar-refractivity contribution in [3.63, 3.8) is 0 Å². The minimum Gasteiger partial charge on any atom is -0.480 e. The zero-order chi connectivity index (χ0) is 14.7. The normalized spacial score (nSPS) is 13.8. The van der Waals surface area contributed by atoms with Crippen LogP contribution in [0, 0.1) is 0 Å². The third-order valence-electron chi connectivity index (χ3n) is 2.82. The predicted molar refractivity (Wildman–Crippen MR) is 80.2 cm³/mol. The van der Waals surface area contributed by atoms with Gasteiger partial charge in [-0.25, -0.2) is 4.98 Å². The van der Waals surface area contributed by atoms with Gasteiger partial charge in [0.1, 0.15) is 6.04 Å². The predicted octanol–water partition coefficient (Wildman–Crippen LogP) is 3.05. The van der Waals surface area contributed by atoms with Crippen LogP contribution in [-0.2, 0) is 4.79 Å². The Balaban J connectivity index is 2.11. The molecule has 1 heterocycles. The molecule has 2 rings (SSSR count). The van der Waals surface area contributed by atoms with Crippen molar-refractivity contribution in [2.45, 2.75) is 19.0 Å². The standard InChI is InChI=1S/C13H14ClN3O2S/c1-7(8-4-2-3-5-9(8)14)16-13-17-10(6-20-13)11(15)12(18)19/h2-7,11H,15H2,1H3,(H,16,17)(H,18,19). The van der Waals surface area contributed by atoms with Gasteiger partial charge in [-0.05, 0) is 18.6 Å². The Morgan fingerprint density at radius 1 is 1.50 bits per heavy atom. The number of halogens is 1. The molecule has 0 aliphatic rings. The van der Waals surface area contributed by atoms with E-state index in [1.54, 1.807) is 5.38 Å². The topological polar surface area (TPSA) is 88.2 Å². The Kier molecular flexibility index (Phi) is 4.59. The first kappa shape index (κ1) is 14.8. The minimum atomic E-state index is -1.10. The maximum atomic E-state index is 10.8. The Bertz CT molecular complexity index is 617. The zero-order valence-electron chi connectivity index (χ0n) is 10.7. The molecule has 0 saturated heterocycles. The summed E-state index contributed by atoms with van der Waals surface area (Å²) in [5, 5.41) is 15.0. The number of aromatic nitrogens is 1. The van der Waals surface area contributed by atoms with Crippen LogP contribution in [0.15, 0.2) is 29.6 Å². The molecule has 7 heteroatoms. The SMILES string of the molecule is CC(Nc1nc(C(N)C(=O)O)cs1)c1ccccc1Cl. The number of nitrogens with zero attached hydrogens (tertiary/aromatic N) is 1. The van der Waals surface area contributed by atoms with E-state index in [9.17, 15) is 4.79 Å². The van der Waals surface area contributed by atoms with Crippen molar-refractivity contribution < 1.29 is 9.90 Å². The molecule has 106 valence electrons. The molecule has 0 aliphatic carbocycles. The summed E-state index contributed by atoms with van der Waals surface area (Å²) in [5.74, 6) is -1.10. The highest BCUT2D eigenvalue weighted by Crippen LogP contribution is 2.28. The number of carboxylic acid groups (broad SMARTS) is 1. The number of thiazole rings is 1. The molecule has 20 heavy (non-hydrogen) atoms. The number of nitrogens with two attached hydrogens (primary N) is 1. The van der Waals surface area contributed by atoms with E-state index in [1.165, 1.54) is 11.3 Å². The van der Waals surface area contributed by atoms with Crippen LogP contribution in [0.5, 0.6) is 0 Å². The number of carbonyl (C=O) groups is 1. The lowest BCUT2D eigenvalue weighted by atomic mass is 10.1. The highest BCUT2D eigenvalue weighted by atomic mass is 35.5. The number of rotatable bonds is 5. The number of carboxylic acids is 1. The third kappa shape index (κ3) is 3.27. The maximum absolute atomic E-state index is 10.8. The summed E-state index contributed by atoms with van der Waals surface area (Å²) in [4.78, 5) is 15.0. The van der Waals surface area contributed by atoms with E-state index < -0.39 is 12.0 Å². The zero-order valence-corrected chi connectivity index (χ0v) is 12.3. The van der Waals surface area contributed by atoms with Crippen molar-refractivity contribution in [2.24, 2.45) is 5.73 Å². The quantitative estimate of drug-likeness (QED) is 0.790. The third-order valence-corrected chi connectivity index (χ3v) is 3.95. The summed E-state index contributed by atoms with van der Waals surface area (Å²) >= 11 is 7.44. The van der Waals surface area contributed by atoms with E-state index in [0.717, 1.165) is 5.56 Å². The molecule has 2 atom stereocenters. The second-order valence-electron chi connectivity index (χ2n) is 4.28. The van der Waals surface area contributed by atoms with Gasteiger partial charge in [0, 0.05) is 10.4 Å². The van der Waals surface area contributed by atoms with Crippen molar-refractivity contribution in [2.75, 3.05) is 5.32 Å². The molecular formula is C13H14ClN3O2S. The average Bonchev–Trinajstić information content (AvgIpc) is 2.86. The van der Waals surface area contributed by atoms with Crippen molar-refractivity contribution in [1.82, 2.24) is 4.98 Å². The monoisotopic (exact) mass is 311 g/mol. The van der Waals surface area contributed by atoms with E-state index in [-0.39, 0.29) is 6.04 Å². The lowest BCUT2D eigenvalue weighted by Crippen LogP contribution is -2.21. The van der Waals surface area contributed by atoms with Crippen molar-refractivity contribution >= 4 is 34.0 Å². The molecule has 1 aromatic heterocycles. The van der Waals surface area contributed by atoms with E-state index in [0.29, 0.717) is 15.8 Å². The van der Waals surface area contributed by atoms with Gasteiger partial charge in [0.05, 0.1) is 11.7 Å². The van der Waals surface area contributed by atoms with Crippen molar-refractivity contribution in [1.29, 1.82) is 0 Å². The van der Waals surface area contributed by atoms with Crippen LogP contribution < -0.4 is 11.1 Å². The van der Waals surface area contributed by atoms with Gasteiger partial charge in [-0.3, -0.25) is 4.79 Å². The highest BCUT2D eigenvalue weighted by Gasteiger charge is 2.18. The lowest BCUT2D eigenvalue weighted by molar-refractivity contribution is -0.138. The second kappa shape index (κ2) is 6.21. The molecule has 0 amide bonds. The first-order valence-corrected chi connectivity index (χ1v) is 7.19. The summed E-state index contributed by atoms with van der Waals surface area (Å²) in [6.07, 6.45) is 0. The van der Waals surface area contributed by atoms with E-state index >= 15 is 0 Å². The van der Waals surface area contributed by atoms with Gasteiger partial charge < -0.3 is 16.2 Å². The second-order valence-corrected chi connectivity index (χ2v) is 5.55. The Morgan fingerprint density at radius 2 is 2.20 bits per heavy atom. The molecule has 1 aromatic carbocycles. The summed E-state index contributed by atoms with van der Waals surface area (Å²) < 4.78 is 0. The Hall–Kier alpha value is -1.63. The van der Waals surface area contributed by atoms with Crippen LogP contribution in [0.1, 0.15) is 30.3 Å². The van der Waals surface area contributed by atoms with Crippen LogP contribution in [0.4, 0.5) is 5.13 Å². The van der Waals surface area contributed by atoms with E-state index in [1.807, 2.05) is 31.2 Å². The van der Waals surface area contributed by atoms with Gasteiger partial charge >= 0.3 is 5.97 Å². The fraction of sp³-hybridized carbons (Fsp3) is 0.231. The van der Waals surface area contributed by atoms with Gasteiger partial charge in [-0.1, -0.05) is 29.8 Å². The number of anilines is 1. The lowest BCUT2D eigenvalue weighted by Gasteiger charge is -2.14. The molecule has 4 N–H and O–H groups in total. The molecule has 0 aliphatic heterocycles. The first-order valence-electron chi connectivity index (χ1n) is 5.94. The molecule has 0 saturated carbocycles. The summed E-state index contributed by atoms with van der Waals surface area (Å²) in [6.45, 7) is 1.96. The van der Waals surface area contributed by atoms with Crippen LogP contribution in [0.3, 0.4) is 0 Å². The average molecular weight is 312 g/mol. The molecule has 2 unspecified atom stereocenters. The van der Waals surface area contributed by atoms with Crippen LogP contribution in [-0.4, -0.2) is 16.1 Å². The summed E-state index contributed by atoms with van der Waals surface area (Å²) in [5.41, 5.74) is 6.81. The van der Waals surface area contributed by atoms with Gasteiger partial charge in [0.25, 0.3) is 0 Å². The highest BCUT2D eigenvalue weighted by molar-refractivity contribution is 7.13. The largest absolute Gasteiger partial charge is 0.480 e. The summed E-state index contributed by atoms with van der Waals surface area (Å²) in [7, 11) is 0. The molecular weight excluding hydrogens is 298 g/mol. The van der Waals surface area contributed by atoms with Gasteiger partial charge in [-0.2, -0.15) is 0 Å². The first-order chi connectivity index (χ1) is 9.49. The molecule has 2 aromatic rings. The number of hydrogen-bond donors (Lipinski definition) is 3. The Morgan fingerprint density at radius 3 is 2.85 bits per heavy atom. The fourth-order valence-electron chi connectivity index (χ4n) is 1.71. The van der Waals surface area contributed by atoms with Crippen LogP contribution in [0.25, 0.3) is 0 Å². The molecule has 0 bridgehead atoms. The fourth-order valence-corrected chi connectivity index (χ4v) is 2.85. The van der Waals surface area contributed by atoms with Gasteiger partial charge in [-0.15, -0.1) is 11.3 Å². The maximum Gasteiger partial charge on any atom is 0.326 e. The van der Waals surface area contributed by atoms with Gasteiger partial charge in [0.15, 0.2) is 5.13 Å².